The molecule has 0 spiro atoms. The highest BCUT2D eigenvalue weighted by atomic mass is 32.2. The summed E-state index contributed by atoms with van der Waals surface area (Å²) >= 11 is 0. The predicted molar refractivity (Wildman–Crippen MR) is 114 cm³/mol. The Hall–Kier alpha value is -3.27. The van der Waals surface area contributed by atoms with E-state index in [-0.39, 0.29) is 0 Å². The number of aromatic nitrogens is 4. The summed E-state index contributed by atoms with van der Waals surface area (Å²) in [6, 6.07) is 9.23. The molecule has 152 valence electrons. The highest BCUT2D eigenvalue weighted by Gasteiger charge is 2.21. The minimum absolute atomic E-state index is 0.512. The Morgan fingerprint density at radius 3 is 2.83 bits per heavy atom. The molecule has 0 fully saturated rings. The monoisotopic (exact) mass is 413 g/mol. The van der Waals surface area contributed by atoms with Gasteiger partial charge in [0.2, 0.25) is 10.0 Å². The van der Waals surface area contributed by atoms with E-state index in [0.717, 1.165) is 47.2 Å². The summed E-state index contributed by atoms with van der Waals surface area (Å²) in [7, 11) is -3.35. The number of H-pyrrole nitrogens is 1. The SMILES string of the molecule is CCc1cc(NC2=CN(c3cccc(NS(C)(=O)=O)c3)Cc3nc(C)cn32)n[nH]1. The van der Waals surface area contributed by atoms with Crippen LogP contribution in [-0.4, -0.2) is 34.4 Å². The van der Waals surface area contributed by atoms with E-state index in [1.165, 1.54) is 0 Å². The van der Waals surface area contributed by atoms with Crippen LogP contribution in [0.3, 0.4) is 0 Å². The normalized spacial score (nSPS) is 13.8. The molecular weight excluding hydrogens is 390 g/mol. The number of hydrogen-bond acceptors (Lipinski definition) is 6. The van der Waals surface area contributed by atoms with Gasteiger partial charge in [-0.3, -0.25) is 14.4 Å². The van der Waals surface area contributed by atoms with E-state index in [1.807, 2.05) is 47.0 Å². The fourth-order valence-electron chi connectivity index (χ4n) is 3.23. The maximum atomic E-state index is 11.6. The molecule has 4 rings (SSSR count). The first kappa shape index (κ1) is 19.1. The molecule has 29 heavy (non-hydrogen) atoms. The average molecular weight is 414 g/mol. The van der Waals surface area contributed by atoms with Gasteiger partial charge >= 0.3 is 0 Å². The summed E-state index contributed by atoms with van der Waals surface area (Å²) in [5.74, 6) is 2.41. The number of fused-ring (bicyclic) bond motifs is 1. The summed E-state index contributed by atoms with van der Waals surface area (Å²) in [4.78, 5) is 6.64. The number of nitrogens with zero attached hydrogens (tertiary/aromatic N) is 4. The van der Waals surface area contributed by atoms with Crippen molar-refractivity contribution in [3.63, 3.8) is 0 Å². The van der Waals surface area contributed by atoms with Crippen LogP contribution in [0.5, 0.6) is 0 Å². The number of aromatic amines is 1. The van der Waals surface area contributed by atoms with Gasteiger partial charge in [0.1, 0.15) is 11.6 Å². The number of nitrogens with one attached hydrogen (secondary N) is 3. The van der Waals surface area contributed by atoms with E-state index in [1.54, 1.807) is 12.1 Å². The Bertz CT molecular complexity index is 1180. The van der Waals surface area contributed by atoms with Crippen LogP contribution in [0.1, 0.15) is 24.1 Å². The van der Waals surface area contributed by atoms with E-state index in [4.69, 9.17) is 0 Å². The molecule has 1 aliphatic heterocycles. The molecule has 3 N–H and O–H groups in total. The number of hydrogen-bond donors (Lipinski definition) is 3. The van der Waals surface area contributed by atoms with Crippen LogP contribution in [0.15, 0.2) is 42.7 Å². The molecule has 3 heterocycles. The molecule has 3 aromatic rings. The first-order valence-corrected chi connectivity index (χ1v) is 11.1. The van der Waals surface area contributed by atoms with Gasteiger partial charge in [-0.2, -0.15) is 5.10 Å². The average Bonchev–Trinajstić information content (AvgIpc) is 3.26. The Morgan fingerprint density at radius 2 is 2.10 bits per heavy atom. The third-order valence-corrected chi connectivity index (χ3v) is 5.10. The molecule has 1 aromatic carbocycles. The number of benzene rings is 1. The van der Waals surface area contributed by atoms with Gasteiger partial charge in [-0.15, -0.1) is 0 Å². The third-order valence-electron chi connectivity index (χ3n) is 4.50. The lowest BCUT2D eigenvalue weighted by atomic mass is 10.2. The van der Waals surface area contributed by atoms with Crippen molar-refractivity contribution in [2.45, 2.75) is 26.8 Å². The van der Waals surface area contributed by atoms with Crippen molar-refractivity contribution in [2.24, 2.45) is 0 Å². The lowest BCUT2D eigenvalue weighted by Gasteiger charge is -2.28. The van der Waals surface area contributed by atoms with E-state index < -0.39 is 10.0 Å². The standard InChI is InChI=1S/C19H23N7O2S/c1-4-14-9-17(23-22-14)21-19-12-25(11-18-20-13(2)10-26(18)19)16-7-5-6-15(8-16)24-29(3,27)28/h5-10,12,24H,4,11H2,1-3H3,(H2,21,22,23). The molecule has 0 bridgehead atoms. The highest BCUT2D eigenvalue weighted by molar-refractivity contribution is 7.92. The maximum Gasteiger partial charge on any atom is 0.229 e. The molecule has 0 saturated heterocycles. The molecule has 0 aliphatic carbocycles. The summed E-state index contributed by atoms with van der Waals surface area (Å²) in [6.07, 6.45) is 5.94. The van der Waals surface area contributed by atoms with Crippen LogP contribution < -0.4 is 14.9 Å². The molecule has 0 atom stereocenters. The van der Waals surface area contributed by atoms with Crippen LogP contribution in [0.4, 0.5) is 17.2 Å². The summed E-state index contributed by atoms with van der Waals surface area (Å²) < 4.78 is 27.7. The van der Waals surface area contributed by atoms with Crippen LogP contribution in [0.25, 0.3) is 5.82 Å². The molecule has 0 saturated carbocycles. The lowest BCUT2D eigenvalue weighted by molar-refractivity contribution is 0.607. The van der Waals surface area contributed by atoms with Gasteiger partial charge in [-0.25, -0.2) is 13.4 Å². The van der Waals surface area contributed by atoms with Crippen molar-refractivity contribution in [2.75, 3.05) is 21.2 Å². The van der Waals surface area contributed by atoms with E-state index in [9.17, 15) is 8.42 Å². The zero-order chi connectivity index (χ0) is 20.6. The molecular formula is C19H23N7O2S. The Kier molecular flexibility index (Phi) is 4.79. The Balaban J connectivity index is 1.68. The van der Waals surface area contributed by atoms with Gasteiger partial charge in [0, 0.05) is 29.8 Å². The predicted octanol–water partition coefficient (Wildman–Crippen LogP) is 2.74. The largest absolute Gasteiger partial charge is 0.337 e. The zero-order valence-corrected chi connectivity index (χ0v) is 17.3. The number of sulfonamides is 1. The topological polar surface area (TPSA) is 108 Å². The van der Waals surface area contributed by atoms with Crippen molar-refractivity contribution in [1.29, 1.82) is 0 Å². The zero-order valence-electron chi connectivity index (χ0n) is 16.5. The van der Waals surface area contributed by atoms with Crippen LogP contribution >= 0.6 is 0 Å². The molecule has 10 heteroatoms. The van der Waals surface area contributed by atoms with Crippen molar-refractivity contribution in [3.8, 4) is 0 Å². The first-order chi connectivity index (χ1) is 13.8. The quantitative estimate of drug-likeness (QED) is 0.573. The second kappa shape index (κ2) is 7.28. The lowest BCUT2D eigenvalue weighted by Crippen LogP contribution is -2.27. The highest BCUT2D eigenvalue weighted by Crippen LogP contribution is 2.28. The van der Waals surface area contributed by atoms with Gasteiger partial charge in [-0.05, 0) is 31.5 Å². The van der Waals surface area contributed by atoms with E-state index in [0.29, 0.717) is 12.2 Å². The first-order valence-electron chi connectivity index (χ1n) is 9.23. The van der Waals surface area contributed by atoms with Crippen LogP contribution in [0, 0.1) is 6.92 Å². The van der Waals surface area contributed by atoms with Gasteiger partial charge in [0.05, 0.1) is 24.2 Å². The van der Waals surface area contributed by atoms with Gasteiger partial charge in [0.25, 0.3) is 0 Å². The minimum Gasteiger partial charge on any atom is -0.337 e. The summed E-state index contributed by atoms with van der Waals surface area (Å²) in [5.41, 5.74) is 3.32. The second-order valence-corrected chi connectivity index (χ2v) is 8.74. The molecule has 0 radical (unpaired) electrons. The fraction of sp³-hybridized carbons (Fsp3) is 0.263. The van der Waals surface area contributed by atoms with Crippen molar-refractivity contribution >= 4 is 33.0 Å². The number of anilines is 3. The summed E-state index contributed by atoms with van der Waals surface area (Å²) in [6.45, 7) is 4.57. The Labute approximate surface area is 169 Å². The van der Waals surface area contributed by atoms with Crippen molar-refractivity contribution in [1.82, 2.24) is 19.7 Å². The van der Waals surface area contributed by atoms with E-state index >= 15 is 0 Å². The molecule has 0 amide bonds. The Morgan fingerprint density at radius 1 is 1.28 bits per heavy atom. The fourth-order valence-corrected chi connectivity index (χ4v) is 3.79. The molecule has 0 unspecified atom stereocenters. The van der Waals surface area contributed by atoms with E-state index in [2.05, 4.69) is 32.1 Å². The van der Waals surface area contributed by atoms with Gasteiger partial charge in [0.15, 0.2) is 5.82 Å². The van der Waals surface area contributed by atoms with Crippen LogP contribution in [-0.2, 0) is 23.0 Å². The summed E-state index contributed by atoms with van der Waals surface area (Å²) in [5, 5.41) is 10.7. The van der Waals surface area contributed by atoms with Crippen LogP contribution in [0.2, 0.25) is 0 Å². The molecule has 9 nitrogen and oxygen atoms in total. The van der Waals surface area contributed by atoms with Crippen molar-refractivity contribution in [3.05, 3.63) is 59.9 Å². The third kappa shape index (κ3) is 4.27. The van der Waals surface area contributed by atoms with Gasteiger partial charge < -0.3 is 10.2 Å². The molecule has 1 aliphatic rings. The number of aryl methyl sites for hydroxylation is 2. The minimum atomic E-state index is -3.35. The smallest absolute Gasteiger partial charge is 0.229 e. The van der Waals surface area contributed by atoms with Gasteiger partial charge in [-0.1, -0.05) is 13.0 Å². The number of rotatable bonds is 6. The maximum absolute atomic E-state index is 11.6. The second-order valence-electron chi connectivity index (χ2n) is 6.99. The molecule has 2 aromatic heterocycles. The van der Waals surface area contributed by atoms with Crippen molar-refractivity contribution < 1.29 is 8.42 Å². The number of imidazole rings is 1.